The van der Waals surface area contributed by atoms with Crippen LogP contribution >= 0.6 is 0 Å². The average Bonchev–Trinajstić information content (AvgIpc) is 2.74. The van der Waals surface area contributed by atoms with E-state index in [1.54, 1.807) is 4.90 Å². The molecule has 2 aliphatic heterocycles. The van der Waals surface area contributed by atoms with E-state index in [0.717, 1.165) is 26.1 Å². The van der Waals surface area contributed by atoms with Crippen LogP contribution in [-0.4, -0.2) is 60.0 Å². The summed E-state index contributed by atoms with van der Waals surface area (Å²) < 4.78 is 0. The van der Waals surface area contributed by atoms with E-state index < -0.39 is 5.97 Å². The van der Waals surface area contributed by atoms with Crippen molar-refractivity contribution in [1.29, 1.82) is 0 Å². The summed E-state index contributed by atoms with van der Waals surface area (Å²) in [4.78, 5) is 26.8. The fourth-order valence-corrected chi connectivity index (χ4v) is 2.93. The summed E-state index contributed by atoms with van der Waals surface area (Å²) in [7, 11) is 2.12. The van der Waals surface area contributed by atoms with E-state index in [4.69, 9.17) is 5.11 Å². The van der Waals surface area contributed by atoms with Gasteiger partial charge in [-0.1, -0.05) is 0 Å². The highest BCUT2D eigenvalue weighted by Gasteiger charge is 2.30. The summed E-state index contributed by atoms with van der Waals surface area (Å²) in [5, 5.41) is 9.01. The number of amides is 1. The Morgan fingerprint density at radius 2 is 2.17 bits per heavy atom. The van der Waals surface area contributed by atoms with Crippen molar-refractivity contribution in [3.63, 3.8) is 0 Å². The van der Waals surface area contributed by atoms with Crippen LogP contribution in [0.2, 0.25) is 0 Å². The Hall–Kier alpha value is -1.10. The molecule has 1 amide bonds. The predicted octanol–water partition coefficient (Wildman–Crippen LogP) is 0.651. The van der Waals surface area contributed by atoms with Crippen LogP contribution in [0.5, 0.6) is 0 Å². The molecule has 0 aromatic heterocycles. The Morgan fingerprint density at radius 3 is 2.78 bits per heavy atom. The highest BCUT2D eigenvalue weighted by atomic mass is 16.4. The molecule has 2 fully saturated rings. The minimum atomic E-state index is -0.770. The van der Waals surface area contributed by atoms with Crippen LogP contribution in [0.15, 0.2) is 0 Å². The van der Waals surface area contributed by atoms with Crippen molar-refractivity contribution in [3.05, 3.63) is 0 Å². The number of aliphatic carboxylic acids is 1. The van der Waals surface area contributed by atoms with E-state index in [1.807, 2.05) is 0 Å². The number of carboxylic acid groups (broad SMARTS) is 1. The first-order chi connectivity index (χ1) is 8.56. The summed E-state index contributed by atoms with van der Waals surface area (Å²) in [5.41, 5.74) is 0. The number of carbonyl (C=O) groups is 2. The molecule has 2 saturated heterocycles. The number of carbonyl (C=O) groups excluding carboxylic acids is 1. The second kappa shape index (κ2) is 5.69. The molecular formula is C13H22N2O3. The minimum absolute atomic E-state index is 0.124. The number of nitrogens with zero attached hydrogens (tertiary/aromatic N) is 2. The van der Waals surface area contributed by atoms with E-state index in [-0.39, 0.29) is 11.8 Å². The quantitative estimate of drug-likeness (QED) is 0.800. The predicted molar refractivity (Wildman–Crippen MR) is 67.2 cm³/mol. The number of carboxylic acids is 1. The monoisotopic (exact) mass is 254 g/mol. The fraction of sp³-hybridized carbons (Fsp3) is 0.846. The lowest BCUT2D eigenvalue weighted by Crippen LogP contribution is -2.43. The second-order valence-corrected chi connectivity index (χ2v) is 5.62. The van der Waals surface area contributed by atoms with Gasteiger partial charge in [0.2, 0.25) is 5.91 Å². The van der Waals surface area contributed by atoms with Gasteiger partial charge >= 0.3 is 5.97 Å². The van der Waals surface area contributed by atoms with Gasteiger partial charge in [0.15, 0.2) is 0 Å². The van der Waals surface area contributed by atoms with Gasteiger partial charge < -0.3 is 14.9 Å². The Bertz CT molecular complexity index is 332. The molecular weight excluding hydrogens is 232 g/mol. The third-order valence-electron chi connectivity index (χ3n) is 4.15. The highest BCUT2D eigenvalue weighted by molar-refractivity contribution is 5.80. The third-order valence-corrected chi connectivity index (χ3v) is 4.15. The summed E-state index contributed by atoms with van der Waals surface area (Å²) in [6, 6.07) is 0. The molecule has 2 heterocycles. The first-order valence-electron chi connectivity index (χ1n) is 6.75. The molecule has 0 aromatic carbocycles. The Morgan fingerprint density at radius 1 is 1.39 bits per heavy atom. The van der Waals surface area contributed by atoms with E-state index in [9.17, 15) is 9.59 Å². The average molecular weight is 254 g/mol. The van der Waals surface area contributed by atoms with Gasteiger partial charge in [-0.3, -0.25) is 9.59 Å². The topological polar surface area (TPSA) is 60.9 Å². The van der Waals surface area contributed by atoms with Gasteiger partial charge in [0.25, 0.3) is 0 Å². The van der Waals surface area contributed by atoms with E-state index in [2.05, 4.69) is 11.9 Å². The third kappa shape index (κ3) is 3.22. The van der Waals surface area contributed by atoms with Crippen LogP contribution in [-0.2, 0) is 9.59 Å². The molecule has 2 unspecified atom stereocenters. The maximum atomic E-state index is 11.8. The molecule has 18 heavy (non-hydrogen) atoms. The lowest BCUT2D eigenvalue weighted by atomic mass is 9.96. The van der Waals surface area contributed by atoms with Gasteiger partial charge in [0.05, 0.1) is 5.92 Å². The largest absolute Gasteiger partial charge is 0.481 e. The Labute approximate surface area is 108 Å². The summed E-state index contributed by atoms with van der Waals surface area (Å²) >= 11 is 0. The normalized spacial score (nSPS) is 29.8. The molecule has 0 aliphatic carbocycles. The van der Waals surface area contributed by atoms with Gasteiger partial charge in [0, 0.05) is 26.1 Å². The lowest BCUT2D eigenvalue weighted by Gasteiger charge is -2.31. The van der Waals surface area contributed by atoms with Gasteiger partial charge in [0.1, 0.15) is 0 Å². The maximum absolute atomic E-state index is 11.8. The van der Waals surface area contributed by atoms with Gasteiger partial charge in [-0.05, 0) is 38.8 Å². The lowest BCUT2D eigenvalue weighted by molar-refractivity contribution is -0.147. The molecule has 2 aliphatic rings. The summed E-state index contributed by atoms with van der Waals surface area (Å²) in [5.74, 6) is -0.353. The van der Waals surface area contributed by atoms with Crippen LogP contribution in [0.1, 0.15) is 25.7 Å². The van der Waals surface area contributed by atoms with Crippen LogP contribution < -0.4 is 0 Å². The van der Waals surface area contributed by atoms with Crippen LogP contribution in [0, 0.1) is 11.8 Å². The highest BCUT2D eigenvalue weighted by Crippen LogP contribution is 2.22. The molecule has 0 aromatic rings. The van der Waals surface area contributed by atoms with E-state index in [0.29, 0.717) is 25.3 Å². The van der Waals surface area contributed by atoms with Crippen molar-refractivity contribution in [2.45, 2.75) is 25.7 Å². The van der Waals surface area contributed by atoms with Crippen molar-refractivity contribution in [1.82, 2.24) is 9.80 Å². The van der Waals surface area contributed by atoms with Crippen LogP contribution in [0.4, 0.5) is 0 Å². The molecule has 0 spiro atoms. The van der Waals surface area contributed by atoms with Crippen molar-refractivity contribution in [2.24, 2.45) is 11.8 Å². The zero-order chi connectivity index (χ0) is 13.1. The molecule has 5 heteroatoms. The van der Waals surface area contributed by atoms with Crippen LogP contribution in [0.25, 0.3) is 0 Å². The number of hydrogen-bond acceptors (Lipinski definition) is 3. The summed E-state index contributed by atoms with van der Waals surface area (Å²) in [6.07, 6.45) is 3.08. The van der Waals surface area contributed by atoms with Crippen molar-refractivity contribution in [2.75, 3.05) is 33.2 Å². The Balaban J connectivity index is 1.80. The zero-order valence-electron chi connectivity index (χ0n) is 11.0. The number of rotatable bonds is 4. The fourth-order valence-electron chi connectivity index (χ4n) is 2.93. The van der Waals surface area contributed by atoms with Gasteiger partial charge in [-0.15, -0.1) is 0 Å². The molecule has 0 radical (unpaired) electrons. The first-order valence-corrected chi connectivity index (χ1v) is 6.75. The Kier molecular flexibility index (Phi) is 4.22. The second-order valence-electron chi connectivity index (χ2n) is 5.62. The number of likely N-dealkylation sites (tertiary alicyclic amines) is 2. The molecule has 2 atom stereocenters. The molecule has 102 valence electrons. The van der Waals surface area contributed by atoms with Crippen molar-refractivity contribution >= 4 is 11.9 Å². The standard InChI is InChI=1S/C13H22N2O3/c1-14-6-4-10(8-14)5-7-15-9-11(13(17)18)2-3-12(15)16/h10-11H,2-9H2,1H3,(H,17,18). The molecule has 5 nitrogen and oxygen atoms in total. The van der Waals surface area contributed by atoms with Crippen molar-refractivity contribution in [3.8, 4) is 0 Å². The van der Waals surface area contributed by atoms with Gasteiger partial charge in [-0.25, -0.2) is 0 Å². The molecule has 1 N–H and O–H groups in total. The van der Waals surface area contributed by atoms with E-state index in [1.165, 1.54) is 6.42 Å². The maximum Gasteiger partial charge on any atom is 0.308 e. The first kappa shape index (κ1) is 13.3. The van der Waals surface area contributed by atoms with Crippen LogP contribution in [0.3, 0.4) is 0 Å². The zero-order valence-corrected chi connectivity index (χ0v) is 11.0. The minimum Gasteiger partial charge on any atom is -0.481 e. The number of piperidine rings is 1. The molecule has 2 rings (SSSR count). The smallest absolute Gasteiger partial charge is 0.308 e. The molecule has 0 saturated carbocycles. The SMILES string of the molecule is CN1CCC(CCN2CC(C(=O)O)CCC2=O)C1. The summed E-state index contributed by atoms with van der Waals surface area (Å²) in [6.45, 7) is 3.36. The number of hydrogen-bond donors (Lipinski definition) is 1. The van der Waals surface area contributed by atoms with Crippen molar-refractivity contribution < 1.29 is 14.7 Å². The van der Waals surface area contributed by atoms with Gasteiger partial charge in [-0.2, -0.15) is 0 Å². The van der Waals surface area contributed by atoms with E-state index >= 15 is 0 Å². The molecule has 0 bridgehead atoms.